The van der Waals surface area contributed by atoms with Crippen LogP contribution in [-0.2, 0) is 4.79 Å². The maximum Gasteiger partial charge on any atom is 0.261 e. The molecule has 1 amide bonds. The lowest BCUT2D eigenvalue weighted by molar-refractivity contribution is -0.128. The molecule has 1 atom stereocenters. The Morgan fingerprint density at radius 2 is 2.08 bits per heavy atom. The number of hydrogen-bond donors (Lipinski definition) is 2. The van der Waals surface area contributed by atoms with Crippen LogP contribution < -0.4 is 10.2 Å². The molecule has 0 aliphatic heterocycles. The number of thioether (sulfide) groups is 1. The monoisotopic (exact) mass is 405 g/mol. The van der Waals surface area contributed by atoms with Gasteiger partial charge in [-0.3, -0.25) is 10.0 Å². The molecule has 0 bridgehead atoms. The van der Waals surface area contributed by atoms with E-state index in [4.69, 9.17) is 9.94 Å². The summed E-state index contributed by atoms with van der Waals surface area (Å²) in [4.78, 5) is 12.9. The van der Waals surface area contributed by atoms with Crippen molar-refractivity contribution in [2.45, 2.75) is 17.1 Å². The summed E-state index contributed by atoms with van der Waals surface area (Å²) in [6.07, 6.45) is 0. The molecule has 0 heterocycles. The third-order valence-corrected chi connectivity index (χ3v) is 4.82. The molecule has 0 aliphatic carbocycles. The van der Waals surface area contributed by atoms with Crippen LogP contribution in [0.1, 0.15) is 17.7 Å². The summed E-state index contributed by atoms with van der Waals surface area (Å²) in [5.74, 6) is 5.84. The van der Waals surface area contributed by atoms with Gasteiger partial charge in [-0.05, 0) is 48.9 Å². The van der Waals surface area contributed by atoms with Gasteiger partial charge in [0.25, 0.3) is 5.91 Å². The van der Waals surface area contributed by atoms with E-state index in [9.17, 15) is 4.79 Å². The molecule has 0 radical (unpaired) electrons. The van der Waals surface area contributed by atoms with Gasteiger partial charge in [-0.25, -0.2) is 5.48 Å². The van der Waals surface area contributed by atoms with Crippen molar-refractivity contribution >= 4 is 33.6 Å². The lowest BCUT2D eigenvalue weighted by Gasteiger charge is -2.15. The van der Waals surface area contributed by atoms with Crippen molar-refractivity contribution in [3.8, 4) is 17.6 Å². The van der Waals surface area contributed by atoms with Gasteiger partial charge in [0.15, 0.2) is 0 Å². The summed E-state index contributed by atoms with van der Waals surface area (Å²) in [5.41, 5.74) is 2.53. The number of carbonyl (C=O) groups is 1. The van der Waals surface area contributed by atoms with Gasteiger partial charge in [0.05, 0.1) is 0 Å². The van der Waals surface area contributed by atoms with Crippen molar-refractivity contribution < 1.29 is 14.7 Å². The summed E-state index contributed by atoms with van der Waals surface area (Å²) >= 11 is 4.74. The summed E-state index contributed by atoms with van der Waals surface area (Å²) in [6.45, 7) is 2.11. The quantitative estimate of drug-likeness (QED) is 0.327. The Labute approximate surface area is 153 Å². The number of benzene rings is 2. The van der Waals surface area contributed by atoms with E-state index in [0.717, 1.165) is 14.9 Å². The first-order chi connectivity index (χ1) is 11.6. The molecule has 0 aliphatic rings. The lowest BCUT2D eigenvalue weighted by atomic mass is 10.1. The lowest BCUT2D eigenvalue weighted by Crippen LogP contribution is -2.24. The number of halogens is 1. The first-order valence-corrected chi connectivity index (χ1v) is 8.80. The first-order valence-electron chi connectivity index (χ1n) is 7.12. The summed E-state index contributed by atoms with van der Waals surface area (Å²) in [6, 6.07) is 14.8. The maximum atomic E-state index is 12.0. The summed E-state index contributed by atoms with van der Waals surface area (Å²) in [5, 5.41) is 8.46. The standard InChI is InChI=1S/C18H16BrNO3S/c1-2-3-11-23-15-7-9-16(10-8-15)24-17(18(21)20-22)13-5-4-6-14(19)12-13/h4-10,12,17,22H,11H2,1H3,(H,20,21). The molecule has 24 heavy (non-hydrogen) atoms. The highest BCUT2D eigenvalue weighted by atomic mass is 79.9. The van der Waals surface area contributed by atoms with Crippen molar-refractivity contribution in [2.24, 2.45) is 0 Å². The van der Waals surface area contributed by atoms with Crippen molar-refractivity contribution in [1.82, 2.24) is 5.48 Å². The number of carbonyl (C=O) groups excluding carboxylic acids is 1. The van der Waals surface area contributed by atoms with Crippen molar-refractivity contribution in [3.05, 3.63) is 58.6 Å². The Morgan fingerprint density at radius 1 is 1.33 bits per heavy atom. The minimum absolute atomic E-state index is 0.344. The maximum absolute atomic E-state index is 12.0. The molecule has 0 fully saturated rings. The van der Waals surface area contributed by atoms with E-state index in [1.807, 2.05) is 48.5 Å². The highest BCUT2D eigenvalue weighted by molar-refractivity contribution is 9.10. The van der Waals surface area contributed by atoms with Crippen molar-refractivity contribution in [1.29, 1.82) is 0 Å². The second kappa shape index (κ2) is 9.38. The Bertz CT molecular complexity index is 753. The average Bonchev–Trinajstić information content (AvgIpc) is 2.60. The molecule has 2 N–H and O–H groups in total. The SMILES string of the molecule is CC#CCOc1ccc(SC(C(=O)NO)c2cccc(Br)c2)cc1. The predicted octanol–water partition coefficient (Wildman–Crippen LogP) is 4.19. The molecule has 2 aromatic rings. The fraction of sp³-hybridized carbons (Fsp3) is 0.167. The fourth-order valence-electron chi connectivity index (χ4n) is 1.94. The zero-order chi connectivity index (χ0) is 17.4. The van der Waals surface area contributed by atoms with E-state index >= 15 is 0 Å². The Balaban J connectivity index is 2.14. The van der Waals surface area contributed by atoms with Crippen LogP contribution in [0.15, 0.2) is 57.9 Å². The number of nitrogens with one attached hydrogen (secondary N) is 1. The molecule has 6 heteroatoms. The average molecular weight is 406 g/mol. The molecule has 2 rings (SSSR count). The van der Waals surface area contributed by atoms with Crippen LogP contribution in [0.5, 0.6) is 5.75 Å². The number of ether oxygens (including phenoxy) is 1. The van der Waals surface area contributed by atoms with E-state index in [1.54, 1.807) is 12.4 Å². The fourth-order valence-corrected chi connectivity index (χ4v) is 3.37. The van der Waals surface area contributed by atoms with Crippen LogP contribution in [0.4, 0.5) is 0 Å². The molecular formula is C18H16BrNO3S. The molecular weight excluding hydrogens is 390 g/mol. The van der Waals surface area contributed by atoms with Gasteiger partial charge in [-0.15, -0.1) is 17.7 Å². The normalized spacial score (nSPS) is 11.1. The minimum Gasteiger partial charge on any atom is -0.481 e. The Kier molecular flexibility index (Phi) is 7.19. The number of rotatable bonds is 6. The molecule has 0 saturated carbocycles. The Morgan fingerprint density at radius 3 is 2.71 bits per heavy atom. The van der Waals surface area contributed by atoms with Crippen LogP contribution in [0.2, 0.25) is 0 Å². The number of hydrogen-bond acceptors (Lipinski definition) is 4. The molecule has 4 nitrogen and oxygen atoms in total. The van der Waals surface area contributed by atoms with E-state index in [2.05, 4.69) is 27.8 Å². The van der Waals surface area contributed by atoms with E-state index < -0.39 is 11.2 Å². The number of amides is 1. The third-order valence-electron chi connectivity index (χ3n) is 3.07. The van der Waals surface area contributed by atoms with Gasteiger partial charge in [0, 0.05) is 9.37 Å². The first kappa shape index (κ1) is 18.4. The van der Waals surface area contributed by atoms with Gasteiger partial charge in [-0.1, -0.05) is 34.0 Å². The van der Waals surface area contributed by atoms with Gasteiger partial charge in [-0.2, -0.15) is 0 Å². The zero-order valence-electron chi connectivity index (χ0n) is 13.0. The molecule has 1 unspecified atom stereocenters. The van der Waals surface area contributed by atoms with Gasteiger partial charge >= 0.3 is 0 Å². The van der Waals surface area contributed by atoms with Crippen molar-refractivity contribution in [2.75, 3.05) is 6.61 Å². The van der Waals surface area contributed by atoms with E-state index in [1.165, 1.54) is 11.8 Å². The predicted molar refractivity (Wildman–Crippen MR) is 98.1 cm³/mol. The van der Waals surface area contributed by atoms with E-state index in [-0.39, 0.29) is 0 Å². The second-order valence-electron chi connectivity index (χ2n) is 4.72. The van der Waals surface area contributed by atoms with Crippen LogP contribution in [0, 0.1) is 11.8 Å². The summed E-state index contributed by atoms with van der Waals surface area (Å²) < 4.78 is 6.34. The molecule has 0 saturated heterocycles. The van der Waals surface area contributed by atoms with Crippen LogP contribution >= 0.6 is 27.7 Å². The van der Waals surface area contributed by atoms with Crippen LogP contribution in [0.25, 0.3) is 0 Å². The smallest absolute Gasteiger partial charge is 0.261 e. The third kappa shape index (κ3) is 5.31. The Hall–Kier alpha value is -1.94. The second-order valence-corrected chi connectivity index (χ2v) is 6.81. The highest BCUT2D eigenvalue weighted by Gasteiger charge is 2.22. The zero-order valence-corrected chi connectivity index (χ0v) is 15.4. The van der Waals surface area contributed by atoms with Gasteiger partial charge < -0.3 is 4.74 Å². The van der Waals surface area contributed by atoms with E-state index in [0.29, 0.717) is 12.4 Å². The van der Waals surface area contributed by atoms with Crippen molar-refractivity contribution in [3.63, 3.8) is 0 Å². The largest absolute Gasteiger partial charge is 0.481 e. The molecule has 0 aromatic heterocycles. The number of hydroxylamine groups is 1. The highest BCUT2D eigenvalue weighted by Crippen LogP contribution is 2.36. The van der Waals surface area contributed by atoms with Crippen LogP contribution in [0.3, 0.4) is 0 Å². The molecule has 2 aromatic carbocycles. The summed E-state index contributed by atoms with van der Waals surface area (Å²) in [7, 11) is 0. The molecule has 124 valence electrons. The van der Waals surface area contributed by atoms with Gasteiger partial charge in [0.2, 0.25) is 0 Å². The van der Waals surface area contributed by atoms with Crippen LogP contribution in [-0.4, -0.2) is 17.7 Å². The van der Waals surface area contributed by atoms with Gasteiger partial charge in [0.1, 0.15) is 17.6 Å². The minimum atomic E-state index is -0.565. The molecule has 0 spiro atoms. The topological polar surface area (TPSA) is 58.6 Å².